The number of sulfonamides is 1. The summed E-state index contributed by atoms with van der Waals surface area (Å²) < 4.78 is 31.1. The van der Waals surface area contributed by atoms with Crippen molar-refractivity contribution in [1.29, 1.82) is 0 Å². The summed E-state index contributed by atoms with van der Waals surface area (Å²) >= 11 is 0. The second-order valence-electron chi connectivity index (χ2n) is 7.24. The average Bonchev–Trinajstić information content (AvgIpc) is 2.66. The minimum Gasteiger partial charge on any atom is -0.495 e. The van der Waals surface area contributed by atoms with Gasteiger partial charge in [0.05, 0.1) is 25.1 Å². The van der Waals surface area contributed by atoms with Gasteiger partial charge in [0.15, 0.2) is 0 Å². The molecule has 0 spiro atoms. The number of nitrogens with zero attached hydrogens (tertiary/aromatic N) is 1. The fraction of sp³-hybridized carbons (Fsp3) is 0.409. The minimum atomic E-state index is -3.50. The molecule has 0 aliphatic carbocycles. The van der Waals surface area contributed by atoms with Crippen molar-refractivity contribution in [3.05, 3.63) is 59.2 Å². The largest absolute Gasteiger partial charge is 0.495 e. The normalized spacial score (nSPS) is 12.3. The molecule has 0 bridgehead atoms. The van der Waals surface area contributed by atoms with Crippen LogP contribution in [-0.4, -0.2) is 34.2 Å². The SMILES string of the molecule is COc1ccccc1N(CCCC(=O)N[C@H](C)c1ccc(C)c(C)c1)S(C)(=O)=O. The lowest BCUT2D eigenvalue weighted by Gasteiger charge is -2.24. The number of anilines is 1. The Hall–Kier alpha value is -2.54. The summed E-state index contributed by atoms with van der Waals surface area (Å²) in [5.74, 6) is 0.370. The molecular weight excluding hydrogens is 388 g/mol. The van der Waals surface area contributed by atoms with Gasteiger partial charge < -0.3 is 10.1 Å². The molecule has 2 aromatic rings. The Morgan fingerprint density at radius 1 is 1.14 bits per heavy atom. The summed E-state index contributed by atoms with van der Waals surface area (Å²) in [4.78, 5) is 12.4. The highest BCUT2D eigenvalue weighted by molar-refractivity contribution is 7.92. The van der Waals surface area contributed by atoms with E-state index in [1.54, 1.807) is 24.3 Å². The van der Waals surface area contributed by atoms with E-state index in [1.807, 2.05) is 26.0 Å². The quantitative estimate of drug-likeness (QED) is 0.673. The Labute approximate surface area is 173 Å². The van der Waals surface area contributed by atoms with E-state index in [2.05, 4.69) is 18.3 Å². The number of ether oxygens (including phenoxy) is 1. The molecule has 0 saturated heterocycles. The molecule has 2 aromatic carbocycles. The number of aryl methyl sites for hydroxylation is 2. The number of hydrogen-bond acceptors (Lipinski definition) is 4. The van der Waals surface area contributed by atoms with E-state index in [0.29, 0.717) is 17.9 Å². The van der Waals surface area contributed by atoms with Crippen LogP contribution in [0.4, 0.5) is 5.69 Å². The third kappa shape index (κ3) is 6.22. The number of carbonyl (C=O) groups is 1. The average molecular weight is 419 g/mol. The van der Waals surface area contributed by atoms with E-state index in [9.17, 15) is 13.2 Å². The lowest BCUT2D eigenvalue weighted by atomic mass is 10.0. The fourth-order valence-electron chi connectivity index (χ4n) is 3.11. The van der Waals surface area contributed by atoms with Gasteiger partial charge in [-0.25, -0.2) is 8.42 Å². The summed E-state index contributed by atoms with van der Waals surface area (Å²) in [7, 11) is -2.00. The Bertz CT molecular complexity index is 957. The van der Waals surface area contributed by atoms with Gasteiger partial charge in [0, 0.05) is 13.0 Å². The second-order valence-corrected chi connectivity index (χ2v) is 9.15. The van der Waals surface area contributed by atoms with Gasteiger partial charge in [0.25, 0.3) is 0 Å². The summed E-state index contributed by atoms with van der Waals surface area (Å²) in [5, 5.41) is 2.99. The van der Waals surface area contributed by atoms with Crippen molar-refractivity contribution in [2.24, 2.45) is 0 Å². The molecule has 7 heteroatoms. The van der Waals surface area contributed by atoms with Crippen LogP contribution in [0, 0.1) is 13.8 Å². The van der Waals surface area contributed by atoms with Crippen LogP contribution < -0.4 is 14.4 Å². The predicted molar refractivity (Wildman–Crippen MR) is 117 cm³/mol. The molecule has 0 aliphatic rings. The van der Waals surface area contributed by atoms with Crippen molar-refractivity contribution in [2.75, 3.05) is 24.2 Å². The first-order valence-corrected chi connectivity index (χ1v) is 11.5. The zero-order chi connectivity index (χ0) is 21.6. The number of benzene rings is 2. The van der Waals surface area contributed by atoms with Crippen molar-refractivity contribution >= 4 is 21.6 Å². The molecule has 0 unspecified atom stereocenters. The lowest BCUT2D eigenvalue weighted by Crippen LogP contribution is -2.32. The van der Waals surface area contributed by atoms with Crippen LogP contribution in [0.2, 0.25) is 0 Å². The van der Waals surface area contributed by atoms with Gasteiger partial charge >= 0.3 is 0 Å². The molecule has 158 valence electrons. The Balaban J connectivity index is 1.98. The number of para-hydroxylation sites is 2. The van der Waals surface area contributed by atoms with Gasteiger partial charge in [0.1, 0.15) is 5.75 Å². The first kappa shape index (κ1) is 22.7. The predicted octanol–water partition coefficient (Wildman–Crippen LogP) is 3.74. The Morgan fingerprint density at radius 2 is 1.83 bits per heavy atom. The van der Waals surface area contributed by atoms with Crippen molar-refractivity contribution in [3.8, 4) is 5.75 Å². The first-order chi connectivity index (χ1) is 13.6. The molecule has 6 nitrogen and oxygen atoms in total. The van der Waals surface area contributed by atoms with Crippen molar-refractivity contribution in [2.45, 2.75) is 39.7 Å². The van der Waals surface area contributed by atoms with Gasteiger partial charge in [-0.1, -0.05) is 30.3 Å². The maximum Gasteiger partial charge on any atom is 0.232 e. The number of methoxy groups -OCH3 is 1. The summed E-state index contributed by atoms with van der Waals surface area (Å²) in [6.07, 6.45) is 1.79. The molecule has 0 saturated carbocycles. The number of hydrogen-bond donors (Lipinski definition) is 1. The molecule has 29 heavy (non-hydrogen) atoms. The molecule has 1 amide bonds. The molecule has 2 rings (SSSR count). The van der Waals surface area contributed by atoms with E-state index in [-0.39, 0.29) is 24.9 Å². The topological polar surface area (TPSA) is 75.7 Å². The van der Waals surface area contributed by atoms with E-state index >= 15 is 0 Å². The van der Waals surface area contributed by atoms with Crippen LogP contribution in [-0.2, 0) is 14.8 Å². The van der Waals surface area contributed by atoms with Crippen LogP contribution in [0.1, 0.15) is 42.5 Å². The van der Waals surface area contributed by atoms with Crippen LogP contribution >= 0.6 is 0 Å². The molecule has 0 fully saturated rings. The van der Waals surface area contributed by atoms with Gasteiger partial charge in [-0.05, 0) is 56.0 Å². The molecule has 1 atom stereocenters. The monoisotopic (exact) mass is 418 g/mol. The molecule has 0 aromatic heterocycles. The van der Waals surface area contributed by atoms with Gasteiger partial charge in [0.2, 0.25) is 15.9 Å². The van der Waals surface area contributed by atoms with Crippen LogP contribution in [0.15, 0.2) is 42.5 Å². The van der Waals surface area contributed by atoms with E-state index < -0.39 is 10.0 Å². The third-order valence-corrected chi connectivity index (χ3v) is 6.11. The highest BCUT2D eigenvalue weighted by Gasteiger charge is 2.21. The van der Waals surface area contributed by atoms with Crippen molar-refractivity contribution in [1.82, 2.24) is 5.32 Å². The Morgan fingerprint density at radius 3 is 2.45 bits per heavy atom. The number of carbonyl (C=O) groups excluding carboxylic acids is 1. The van der Waals surface area contributed by atoms with Crippen LogP contribution in [0.25, 0.3) is 0 Å². The van der Waals surface area contributed by atoms with E-state index in [4.69, 9.17) is 4.74 Å². The van der Waals surface area contributed by atoms with Crippen molar-refractivity contribution in [3.63, 3.8) is 0 Å². The maximum atomic E-state index is 12.4. The second kappa shape index (κ2) is 9.78. The van der Waals surface area contributed by atoms with Gasteiger partial charge in [-0.3, -0.25) is 9.10 Å². The highest BCUT2D eigenvalue weighted by atomic mass is 32.2. The molecule has 1 N–H and O–H groups in total. The molecule has 0 heterocycles. The molecular formula is C22H30N2O4S. The van der Waals surface area contributed by atoms with E-state index in [0.717, 1.165) is 11.8 Å². The van der Waals surface area contributed by atoms with Crippen LogP contribution in [0.3, 0.4) is 0 Å². The minimum absolute atomic E-state index is 0.107. The lowest BCUT2D eigenvalue weighted by molar-refractivity contribution is -0.121. The summed E-state index contributed by atoms with van der Waals surface area (Å²) in [6.45, 7) is 6.24. The standard InChI is InChI=1S/C22H30N2O4S/c1-16-12-13-19(15-17(16)2)18(3)23-22(25)11-8-14-24(29(5,26)27)20-9-6-7-10-21(20)28-4/h6-7,9-10,12-13,15,18H,8,11,14H2,1-5H3,(H,23,25)/t18-/m1/s1. The van der Waals surface area contributed by atoms with Crippen molar-refractivity contribution < 1.29 is 17.9 Å². The first-order valence-electron chi connectivity index (χ1n) is 9.60. The summed E-state index contributed by atoms with van der Waals surface area (Å²) in [6, 6.07) is 13.0. The fourth-order valence-corrected chi connectivity index (χ4v) is 4.08. The molecule has 0 radical (unpaired) electrons. The zero-order valence-electron chi connectivity index (χ0n) is 17.7. The highest BCUT2D eigenvalue weighted by Crippen LogP contribution is 2.29. The van der Waals surface area contributed by atoms with Gasteiger partial charge in [-0.15, -0.1) is 0 Å². The van der Waals surface area contributed by atoms with Crippen LogP contribution in [0.5, 0.6) is 5.75 Å². The van der Waals surface area contributed by atoms with E-state index in [1.165, 1.54) is 22.5 Å². The number of amides is 1. The summed E-state index contributed by atoms with van der Waals surface area (Å²) in [5.41, 5.74) is 3.92. The van der Waals surface area contributed by atoms with Gasteiger partial charge in [-0.2, -0.15) is 0 Å². The zero-order valence-corrected chi connectivity index (χ0v) is 18.5. The molecule has 0 aliphatic heterocycles. The third-order valence-electron chi connectivity index (χ3n) is 4.93. The Kier molecular flexibility index (Phi) is 7.67. The number of nitrogens with one attached hydrogen (secondary N) is 1. The number of rotatable bonds is 9. The maximum absolute atomic E-state index is 12.4. The smallest absolute Gasteiger partial charge is 0.232 e.